The summed E-state index contributed by atoms with van der Waals surface area (Å²) in [6.45, 7) is 0. The van der Waals surface area contributed by atoms with E-state index in [4.69, 9.17) is 4.74 Å². The van der Waals surface area contributed by atoms with E-state index in [1.54, 1.807) is 23.6 Å². The fraction of sp³-hybridized carbons (Fsp3) is 0.308. The summed E-state index contributed by atoms with van der Waals surface area (Å²) in [6, 6.07) is 3.60. The molecule has 7 heteroatoms. The van der Waals surface area contributed by atoms with Crippen molar-refractivity contribution in [3.63, 3.8) is 0 Å². The molecule has 2 aromatic rings. The Kier molecular flexibility index (Phi) is 3.51. The topological polar surface area (TPSA) is 76.1 Å². The van der Waals surface area contributed by atoms with Gasteiger partial charge in [-0.1, -0.05) is 0 Å². The summed E-state index contributed by atoms with van der Waals surface area (Å²) in [5.74, 6) is 0.560. The van der Waals surface area contributed by atoms with Gasteiger partial charge in [0.25, 0.3) is 5.91 Å². The first-order chi connectivity index (χ1) is 9.76. The maximum atomic E-state index is 12.0. The van der Waals surface area contributed by atoms with E-state index in [0.717, 1.165) is 12.8 Å². The van der Waals surface area contributed by atoms with Crippen molar-refractivity contribution in [2.75, 3.05) is 12.5 Å². The predicted octanol–water partition coefficient (Wildman–Crippen LogP) is 1.79. The number of fused-ring (bicyclic) bond motifs is 1. The number of carbonyl (C=O) groups is 1. The standard InChI is InChI=1S/C13H14N4O2S/c1-19-11-5-6-14-13(15-11)17-16-12(18)10-7-8-3-2-4-9(8)20-10/h5-7H,2-4H2,1H3,(H,16,18)(H,14,15,17). The Hall–Kier alpha value is -2.15. The van der Waals surface area contributed by atoms with E-state index >= 15 is 0 Å². The smallest absolute Gasteiger partial charge is 0.279 e. The van der Waals surface area contributed by atoms with Gasteiger partial charge >= 0.3 is 0 Å². The van der Waals surface area contributed by atoms with E-state index in [0.29, 0.717) is 16.7 Å². The quantitative estimate of drug-likeness (QED) is 0.840. The minimum Gasteiger partial charge on any atom is -0.481 e. The summed E-state index contributed by atoms with van der Waals surface area (Å²) in [6.07, 6.45) is 4.91. The number of rotatable bonds is 4. The van der Waals surface area contributed by atoms with Crippen LogP contribution in [0.5, 0.6) is 5.88 Å². The molecule has 0 aliphatic heterocycles. The molecule has 0 spiro atoms. The second-order valence-corrected chi connectivity index (χ2v) is 5.55. The number of thiophene rings is 1. The fourth-order valence-electron chi connectivity index (χ4n) is 2.13. The van der Waals surface area contributed by atoms with Crippen LogP contribution in [0.2, 0.25) is 0 Å². The SMILES string of the molecule is COc1ccnc(NNC(=O)c2cc3c(s2)CCC3)n1. The average molecular weight is 290 g/mol. The molecule has 0 radical (unpaired) electrons. The van der Waals surface area contributed by atoms with Crippen molar-refractivity contribution in [3.8, 4) is 5.88 Å². The summed E-state index contributed by atoms with van der Waals surface area (Å²) in [4.78, 5) is 22.1. The van der Waals surface area contributed by atoms with Crippen molar-refractivity contribution < 1.29 is 9.53 Å². The molecule has 0 atom stereocenters. The van der Waals surface area contributed by atoms with Gasteiger partial charge in [0.2, 0.25) is 11.8 Å². The van der Waals surface area contributed by atoms with Gasteiger partial charge < -0.3 is 4.74 Å². The van der Waals surface area contributed by atoms with Crippen LogP contribution in [0.15, 0.2) is 18.3 Å². The second-order valence-electron chi connectivity index (χ2n) is 4.41. The number of hydrazine groups is 1. The largest absolute Gasteiger partial charge is 0.481 e. The number of nitrogens with zero attached hydrogens (tertiary/aromatic N) is 2. The second kappa shape index (κ2) is 5.46. The molecule has 1 aliphatic carbocycles. The number of methoxy groups -OCH3 is 1. The number of carbonyl (C=O) groups excluding carboxylic acids is 1. The van der Waals surface area contributed by atoms with Gasteiger partial charge in [-0.15, -0.1) is 11.3 Å². The van der Waals surface area contributed by atoms with Crippen LogP contribution in [0.3, 0.4) is 0 Å². The molecule has 0 fully saturated rings. The van der Waals surface area contributed by atoms with Crippen LogP contribution in [0.25, 0.3) is 0 Å². The van der Waals surface area contributed by atoms with E-state index in [9.17, 15) is 4.79 Å². The first-order valence-corrected chi connectivity index (χ1v) is 7.13. The highest BCUT2D eigenvalue weighted by atomic mass is 32.1. The maximum absolute atomic E-state index is 12.0. The molecule has 1 aliphatic rings. The van der Waals surface area contributed by atoms with Gasteiger partial charge in [0.05, 0.1) is 12.0 Å². The van der Waals surface area contributed by atoms with Gasteiger partial charge in [-0.3, -0.25) is 15.6 Å². The van der Waals surface area contributed by atoms with Crippen molar-refractivity contribution in [2.24, 2.45) is 0 Å². The monoisotopic (exact) mass is 290 g/mol. The van der Waals surface area contributed by atoms with E-state index in [1.165, 1.54) is 24.0 Å². The Labute approximate surface area is 120 Å². The van der Waals surface area contributed by atoms with E-state index in [1.807, 2.05) is 6.07 Å². The van der Waals surface area contributed by atoms with Crippen molar-refractivity contribution in [2.45, 2.75) is 19.3 Å². The molecule has 2 heterocycles. The van der Waals surface area contributed by atoms with Gasteiger partial charge in [0, 0.05) is 17.1 Å². The van der Waals surface area contributed by atoms with Gasteiger partial charge in [-0.25, -0.2) is 4.98 Å². The summed E-state index contributed by atoms with van der Waals surface area (Å²) >= 11 is 1.56. The van der Waals surface area contributed by atoms with Crippen LogP contribution in [-0.2, 0) is 12.8 Å². The number of hydrogen-bond donors (Lipinski definition) is 2. The van der Waals surface area contributed by atoms with Crippen molar-refractivity contribution in [3.05, 3.63) is 33.6 Å². The Morgan fingerprint density at radius 3 is 3.15 bits per heavy atom. The molecule has 0 bridgehead atoms. The third-order valence-electron chi connectivity index (χ3n) is 3.10. The number of ether oxygens (including phenoxy) is 1. The fourth-order valence-corrected chi connectivity index (χ4v) is 3.28. The van der Waals surface area contributed by atoms with Crippen molar-refractivity contribution in [1.29, 1.82) is 0 Å². The minimum absolute atomic E-state index is 0.171. The zero-order valence-corrected chi connectivity index (χ0v) is 11.8. The number of hydrogen-bond acceptors (Lipinski definition) is 6. The molecule has 6 nitrogen and oxygen atoms in total. The molecular formula is C13H14N4O2S. The van der Waals surface area contributed by atoms with Crippen LogP contribution in [0.1, 0.15) is 26.5 Å². The van der Waals surface area contributed by atoms with Gasteiger partial charge in [-0.05, 0) is 30.9 Å². The Morgan fingerprint density at radius 1 is 1.45 bits per heavy atom. The number of anilines is 1. The minimum atomic E-state index is -0.171. The summed E-state index contributed by atoms with van der Waals surface area (Å²) < 4.78 is 4.99. The molecule has 0 saturated carbocycles. The zero-order valence-electron chi connectivity index (χ0n) is 11.0. The zero-order chi connectivity index (χ0) is 13.9. The molecular weight excluding hydrogens is 276 g/mol. The van der Waals surface area contributed by atoms with E-state index in [-0.39, 0.29) is 5.91 Å². The Balaban J connectivity index is 1.63. The third-order valence-corrected chi connectivity index (χ3v) is 4.33. The third kappa shape index (κ3) is 2.57. The van der Waals surface area contributed by atoms with Gasteiger partial charge in [0.15, 0.2) is 0 Å². The molecule has 0 saturated heterocycles. The molecule has 0 unspecified atom stereocenters. The molecule has 104 valence electrons. The normalized spacial score (nSPS) is 12.8. The number of aromatic nitrogens is 2. The number of amides is 1. The lowest BCUT2D eigenvalue weighted by atomic mass is 10.2. The van der Waals surface area contributed by atoms with Crippen molar-refractivity contribution in [1.82, 2.24) is 15.4 Å². The lowest BCUT2D eigenvalue weighted by Crippen LogP contribution is -2.29. The lowest BCUT2D eigenvalue weighted by molar-refractivity contribution is 0.0966. The molecule has 0 aromatic carbocycles. The highest BCUT2D eigenvalue weighted by Gasteiger charge is 2.18. The first kappa shape index (κ1) is 12.9. The average Bonchev–Trinajstić information content (AvgIpc) is 3.06. The molecule has 20 heavy (non-hydrogen) atoms. The summed E-state index contributed by atoms with van der Waals surface area (Å²) in [5, 5.41) is 0. The van der Waals surface area contributed by atoms with Crippen LogP contribution in [0.4, 0.5) is 5.95 Å². The summed E-state index contributed by atoms with van der Waals surface area (Å²) in [7, 11) is 1.53. The molecule has 2 N–H and O–H groups in total. The van der Waals surface area contributed by atoms with Gasteiger partial charge in [-0.2, -0.15) is 4.98 Å². The molecule has 2 aromatic heterocycles. The maximum Gasteiger partial charge on any atom is 0.279 e. The Bertz CT molecular complexity index is 620. The predicted molar refractivity (Wildman–Crippen MR) is 76.0 cm³/mol. The number of nitrogens with one attached hydrogen (secondary N) is 2. The van der Waals surface area contributed by atoms with E-state index in [2.05, 4.69) is 20.8 Å². The van der Waals surface area contributed by atoms with Crippen LogP contribution >= 0.6 is 11.3 Å². The van der Waals surface area contributed by atoms with Gasteiger partial charge in [0.1, 0.15) is 0 Å². The highest BCUT2D eigenvalue weighted by molar-refractivity contribution is 7.14. The molecule has 3 rings (SSSR count). The number of aryl methyl sites for hydroxylation is 2. The lowest BCUT2D eigenvalue weighted by Gasteiger charge is -2.06. The first-order valence-electron chi connectivity index (χ1n) is 6.31. The van der Waals surface area contributed by atoms with Crippen LogP contribution in [-0.4, -0.2) is 23.0 Å². The van der Waals surface area contributed by atoms with Crippen molar-refractivity contribution >= 4 is 23.2 Å². The molecule has 1 amide bonds. The Morgan fingerprint density at radius 2 is 2.35 bits per heavy atom. The van der Waals surface area contributed by atoms with Crippen LogP contribution in [0, 0.1) is 0 Å². The van der Waals surface area contributed by atoms with Crippen LogP contribution < -0.4 is 15.6 Å². The summed E-state index contributed by atoms with van der Waals surface area (Å²) in [5.41, 5.74) is 6.59. The highest BCUT2D eigenvalue weighted by Crippen LogP contribution is 2.30. The van der Waals surface area contributed by atoms with E-state index < -0.39 is 0 Å².